The molecule has 0 aliphatic heterocycles. The Morgan fingerprint density at radius 3 is 1.00 bits per heavy atom. The number of carboxylic acids is 1. The topological polar surface area (TPSA) is 98.9 Å². The lowest BCUT2D eigenvalue weighted by molar-refractivity contribution is -0.509. The summed E-state index contributed by atoms with van der Waals surface area (Å²) in [5, 5.41) is 7.88. The zero-order valence-corrected chi connectivity index (χ0v) is 13.7. The number of ether oxygens (including phenoxy) is 2. The highest BCUT2D eigenvalue weighted by Crippen LogP contribution is 2.57. The summed E-state index contributed by atoms with van der Waals surface area (Å²) >= 11 is 0. The molecule has 2 unspecified atom stereocenters. The van der Waals surface area contributed by atoms with Crippen LogP contribution in [0, 0.1) is 0 Å². The second-order valence-electron chi connectivity index (χ2n) is 5.24. The Morgan fingerprint density at radius 2 is 0.812 bits per heavy atom. The molecule has 1 amide bonds. The minimum absolute atomic E-state index is 1.49. The SMILES string of the molecule is NC(=O)C(F)(OC(F)(F)C(F)(F)C(F)(F)C(F)(F)OC(F)(C(=O)O)C(F)(F)F)C(F)(F)F. The minimum Gasteiger partial charge on any atom is -0.477 e. The monoisotopic (exact) mass is 521 g/mol. The molecule has 0 aliphatic rings. The molecule has 22 heteroatoms. The van der Waals surface area contributed by atoms with E-state index in [1.54, 1.807) is 4.74 Å². The van der Waals surface area contributed by atoms with E-state index >= 15 is 0 Å². The highest BCUT2D eigenvalue weighted by molar-refractivity contribution is 5.82. The number of amides is 1. The maximum Gasteiger partial charge on any atom is 0.460 e. The van der Waals surface area contributed by atoms with Gasteiger partial charge in [0.25, 0.3) is 5.91 Å². The van der Waals surface area contributed by atoms with Crippen molar-refractivity contribution in [2.24, 2.45) is 5.73 Å². The van der Waals surface area contributed by atoms with Crippen molar-refractivity contribution in [2.75, 3.05) is 0 Å². The van der Waals surface area contributed by atoms with Gasteiger partial charge in [-0.1, -0.05) is 0 Å². The molecule has 0 aromatic heterocycles. The summed E-state index contributed by atoms with van der Waals surface area (Å²) in [4.78, 5) is 20.4. The molecule has 0 heterocycles. The van der Waals surface area contributed by atoms with Gasteiger partial charge in [-0.2, -0.15) is 70.2 Å². The van der Waals surface area contributed by atoms with Crippen molar-refractivity contribution in [3.05, 3.63) is 0 Å². The highest BCUT2D eigenvalue weighted by atomic mass is 19.4. The maximum atomic E-state index is 13.3. The van der Waals surface area contributed by atoms with E-state index < -0.39 is 60.0 Å². The van der Waals surface area contributed by atoms with Gasteiger partial charge in [-0.15, -0.1) is 0 Å². The standard InChI is InChI=1S/C10H3F16NO5/c11-3(1(27)28,7(17,18)19)31-9(23,24)5(13,14)6(15,16)10(25,26)32-4(12,2(29)30)8(20,21)22/h(H2,27,28)(H,29,30). The first-order valence-electron chi connectivity index (χ1n) is 6.51. The van der Waals surface area contributed by atoms with Crippen molar-refractivity contribution < 1.29 is 94.4 Å². The molecule has 3 N–H and O–H groups in total. The summed E-state index contributed by atoms with van der Waals surface area (Å²) in [6.07, 6.45) is -30.2. The van der Waals surface area contributed by atoms with Crippen LogP contribution in [0.1, 0.15) is 0 Å². The van der Waals surface area contributed by atoms with E-state index in [-0.39, 0.29) is 0 Å². The molecule has 0 spiro atoms. The quantitative estimate of drug-likeness (QED) is 0.453. The van der Waals surface area contributed by atoms with Gasteiger partial charge in [0.15, 0.2) is 0 Å². The van der Waals surface area contributed by atoms with E-state index in [0.717, 1.165) is 0 Å². The van der Waals surface area contributed by atoms with Crippen LogP contribution < -0.4 is 5.73 Å². The number of halogens is 16. The lowest BCUT2D eigenvalue weighted by Crippen LogP contribution is -2.69. The summed E-state index contributed by atoms with van der Waals surface area (Å²) in [5.74, 6) is -38.3. The van der Waals surface area contributed by atoms with Crippen LogP contribution in [0.2, 0.25) is 0 Å². The average Bonchev–Trinajstić information content (AvgIpc) is 2.50. The number of primary amides is 1. The first-order valence-corrected chi connectivity index (χ1v) is 6.51. The molecule has 32 heavy (non-hydrogen) atoms. The van der Waals surface area contributed by atoms with E-state index in [1.807, 2.05) is 0 Å². The van der Waals surface area contributed by atoms with Gasteiger partial charge in [-0.3, -0.25) is 14.3 Å². The van der Waals surface area contributed by atoms with Gasteiger partial charge in [0, 0.05) is 0 Å². The van der Waals surface area contributed by atoms with Gasteiger partial charge >= 0.3 is 54.1 Å². The molecule has 0 saturated heterocycles. The highest BCUT2D eigenvalue weighted by Gasteiger charge is 2.87. The molecule has 190 valence electrons. The Labute approximate surface area is 161 Å². The normalized spacial score (nSPS) is 18.6. The Bertz CT molecular complexity index is 684. The molecule has 0 saturated carbocycles. The second-order valence-corrected chi connectivity index (χ2v) is 5.24. The van der Waals surface area contributed by atoms with Crippen molar-refractivity contribution in [3.63, 3.8) is 0 Å². The first kappa shape index (κ1) is 29.7. The molecule has 0 fully saturated rings. The van der Waals surface area contributed by atoms with Crippen LogP contribution >= 0.6 is 0 Å². The molecule has 6 nitrogen and oxygen atoms in total. The van der Waals surface area contributed by atoms with Crippen molar-refractivity contribution >= 4 is 11.9 Å². The van der Waals surface area contributed by atoms with Crippen molar-refractivity contribution in [1.82, 2.24) is 0 Å². The Morgan fingerprint density at radius 1 is 0.562 bits per heavy atom. The summed E-state index contributed by atoms with van der Waals surface area (Å²) in [6.45, 7) is 0. The molecule has 0 aliphatic carbocycles. The van der Waals surface area contributed by atoms with E-state index in [9.17, 15) is 79.8 Å². The zero-order valence-electron chi connectivity index (χ0n) is 13.7. The van der Waals surface area contributed by atoms with E-state index in [2.05, 4.69) is 5.73 Å². The largest absolute Gasteiger partial charge is 0.477 e. The van der Waals surface area contributed by atoms with Crippen LogP contribution in [0.3, 0.4) is 0 Å². The molecule has 0 aromatic rings. The number of hydrogen-bond acceptors (Lipinski definition) is 4. The summed E-state index contributed by atoms with van der Waals surface area (Å²) in [6, 6.07) is 0. The van der Waals surface area contributed by atoms with Crippen LogP contribution in [0.15, 0.2) is 0 Å². The van der Waals surface area contributed by atoms with Crippen LogP contribution in [0.5, 0.6) is 0 Å². The van der Waals surface area contributed by atoms with Gasteiger partial charge in [-0.05, 0) is 0 Å². The van der Waals surface area contributed by atoms with Gasteiger partial charge in [0.1, 0.15) is 0 Å². The number of alkyl halides is 16. The Kier molecular flexibility index (Phi) is 7.12. The van der Waals surface area contributed by atoms with Crippen LogP contribution in [-0.2, 0) is 19.1 Å². The average molecular weight is 521 g/mol. The number of rotatable bonds is 9. The van der Waals surface area contributed by atoms with Crippen molar-refractivity contribution in [2.45, 2.75) is 48.1 Å². The number of hydrogen-bond donors (Lipinski definition) is 2. The third-order valence-electron chi connectivity index (χ3n) is 2.98. The lowest BCUT2D eigenvalue weighted by atomic mass is 10.1. The fourth-order valence-electron chi connectivity index (χ4n) is 1.32. The maximum absolute atomic E-state index is 13.3. The number of nitrogens with two attached hydrogens (primary N) is 1. The smallest absolute Gasteiger partial charge is 0.460 e. The predicted molar refractivity (Wildman–Crippen MR) is 58.6 cm³/mol. The van der Waals surface area contributed by atoms with Gasteiger partial charge in [0.05, 0.1) is 0 Å². The lowest BCUT2D eigenvalue weighted by Gasteiger charge is -2.39. The van der Waals surface area contributed by atoms with Crippen LogP contribution in [0.4, 0.5) is 70.2 Å². The van der Waals surface area contributed by atoms with Gasteiger partial charge in [0.2, 0.25) is 0 Å². The van der Waals surface area contributed by atoms with Crippen LogP contribution in [0.25, 0.3) is 0 Å². The Balaban J connectivity index is 6.54. The molecule has 0 rings (SSSR count). The predicted octanol–water partition coefficient (Wildman–Crippen LogP) is 3.50. The molecular weight excluding hydrogens is 518 g/mol. The van der Waals surface area contributed by atoms with Gasteiger partial charge in [-0.25, -0.2) is 4.79 Å². The fraction of sp³-hybridized carbons (Fsp3) is 0.800. The number of aliphatic carboxylic acids is 1. The first-order chi connectivity index (χ1) is 13.6. The molecule has 0 aromatic carbocycles. The van der Waals surface area contributed by atoms with Crippen LogP contribution in [-0.4, -0.2) is 65.1 Å². The molecule has 2 atom stereocenters. The zero-order chi connectivity index (χ0) is 26.6. The van der Waals surface area contributed by atoms with Gasteiger partial charge < -0.3 is 10.8 Å². The third kappa shape index (κ3) is 4.45. The van der Waals surface area contributed by atoms with E-state index in [1.165, 1.54) is 4.74 Å². The number of carbonyl (C=O) groups excluding carboxylic acids is 1. The number of carboxylic acid groups (broad SMARTS) is 1. The second kappa shape index (κ2) is 7.66. The third-order valence-corrected chi connectivity index (χ3v) is 2.98. The van der Waals surface area contributed by atoms with Crippen molar-refractivity contribution in [3.8, 4) is 0 Å². The minimum atomic E-state index is -8.29. The molecular formula is C10H3F16NO5. The summed E-state index contributed by atoms with van der Waals surface area (Å²) in [5.41, 5.74) is 3.63. The molecule has 0 bridgehead atoms. The summed E-state index contributed by atoms with van der Waals surface area (Å²) in [7, 11) is 0. The summed E-state index contributed by atoms with van der Waals surface area (Å²) < 4.78 is 209. The number of carbonyl (C=O) groups is 2. The fourth-order valence-corrected chi connectivity index (χ4v) is 1.32. The van der Waals surface area contributed by atoms with E-state index in [4.69, 9.17) is 5.11 Å². The van der Waals surface area contributed by atoms with Crippen molar-refractivity contribution in [1.29, 1.82) is 0 Å². The Hall–Kier alpha value is -2.26. The molecule has 0 radical (unpaired) electrons. The van der Waals surface area contributed by atoms with E-state index in [0.29, 0.717) is 0 Å².